The lowest BCUT2D eigenvalue weighted by atomic mass is 9.73. The molecule has 0 spiro atoms. The molecule has 8 nitrogen and oxygen atoms in total. The van der Waals surface area contributed by atoms with Crippen LogP contribution in [0.4, 0.5) is 39.5 Å². The van der Waals surface area contributed by atoms with Gasteiger partial charge in [-0.15, -0.1) is 0 Å². The molecule has 0 aromatic heterocycles. The SMILES string of the molecule is COc1cc(-c2ccc(C(F)(F)F)cc2)c(OC)cc1-c1ccc(C(F)(F)F)cc1.COc1cc(B(O)O)c(OC)cc1B(O)O.FC(F)(F)c1ccc(Br)cc1. The molecule has 5 aromatic rings. The van der Waals surface area contributed by atoms with Crippen LogP contribution < -0.4 is 29.9 Å². The van der Waals surface area contributed by atoms with Gasteiger partial charge in [0.15, 0.2) is 0 Å². The highest BCUT2D eigenvalue weighted by Crippen LogP contribution is 2.42. The van der Waals surface area contributed by atoms with Crippen molar-refractivity contribution in [2.45, 2.75) is 18.5 Å². The molecule has 5 rings (SSSR count). The molecular weight excluding hydrogens is 845 g/mol. The highest BCUT2D eigenvalue weighted by atomic mass is 79.9. The molecule has 0 unspecified atom stereocenters. The fourth-order valence-corrected chi connectivity index (χ4v) is 5.28. The predicted molar refractivity (Wildman–Crippen MR) is 199 cm³/mol. The van der Waals surface area contributed by atoms with Crippen molar-refractivity contribution in [2.75, 3.05) is 28.4 Å². The molecule has 0 aliphatic carbocycles. The second kappa shape index (κ2) is 19.5. The number of halogens is 10. The van der Waals surface area contributed by atoms with Crippen molar-refractivity contribution < 1.29 is 78.6 Å². The fourth-order valence-electron chi connectivity index (χ4n) is 5.01. The standard InChI is InChI=1S/C22H16F6O2.C8H12B2O6.C7H4BrF3/c1-29-19-11-18(14-5-9-16(10-6-14)22(26,27)28)20(30-2)12-17(19)13-3-7-15(8-4-13)21(23,24)25;1-15-7-3-6(10(13)14)8(16-2)4-5(7)9(11)12;8-6-3-1-5(2-4-6)7(9,10)11/h3-12H,1-2H3;3-4,11-14H,1-2H3;1-4H. The van der Waals surface area contributed by atoms with Gasteiger partial charge in [0.1, 0.15) is 23.0 Å². The van der Waals surface area contributed by atoms with Gasteiger partial charge < -0.3 is 39.0 Å². The van der Waals surface area contributed by atoms with Crippen molar-refractivity contribution in [1.29, 1.82) is 0 Å². The van der Waals surface area contributed by atoms with Crippen LogP contribution in [0.25, 0.3) is 22.3 Å². The van der Waals surface area contributed by atoms with Gasteiger partial charge in [-0.05, 0) is 83.9 Å². The third-order valence-corrected chi connectivity index (χ3v) is 8.41. The number of rotatable bonds is 8. The number of alkyl halides is 9. The van der Waals surface area contributed by atoms with Gasteiger partial charge in [0.05, 0.1) is 45.1 Å². The Morgan fingerprint density at radius 1 is 0.421 bits per heavy atom. The van der Waals surface area contributed by atoms with Gasteiger partial charge >= 0.3 is 32.8 Å². The maximum atomic E-state index is 12.8. The van der Waals surface area contributed by atoms with E-state index in [1.807, 2.05) is 0 Å². The minimum Gasteiger partial charge on any atom is -0.497 e. The summed E-state index contributed by atoms with van der Waals surface area (Å²) >= 11 is 3.04. The molecule has 0 atom stereocenters. The smallest absolute Gasteiger partial charge is 0.492 e. The Labute approximate surface area is 329 Å². The molecule has 57 heavy (non-hydrogen) atoms. The molecule has 0 aliphatic rings. The zero-order chi connectivity index (χ0) is 42.9. The molecule has 20 heteroatoms. The molecule has 304 valence electrons. The van der Waals surface area contributed by atoms with E-state index >= 15 is 0 Å². The number of ether oxygens (including phenoxy) is 4. The molecule has 0 saturated heterocycles. The number of hydrogen-bond donors (Lipinski definition) is 4. The third kappa shape index (κ3) is 12.6. The fraction of sp³-hybridized carbons (Fsp3) is 0.189. The van der Waals surface area contributed by atoms with E-state index in [0.29, 0.717) is 38.2 Å². The van der Waals surface area contributed by atoms with E-state index in [0.717, 1.165) is 36.4 Å². The highest BCUT2D eigenvalue weighted by molar-refractivity contribution is 9.10. The first-order valence-corrected chi connectivity index (χ1v) is 16.8. The van der Waals surface area contributed by atoms with Crippen LogP contribution in [0.1, 0.15) is 16.7 Å². The second-order valence-electron chi connectivity index (χ2n) is 11.5. The number of hydrogen-bond acceptors (Lipinski definition) is 8. The molecular formula is C37H32B2BrF9O8. The van der Waals surface area contributed by atoms with Crippen LogP contribution in [0.5, 0.6) is 23.0 Å². The van der Waals surface area contributed by atoms with Crippen molar-refractivity contribution >= 4 is 41.1 Å². The molecule has 0 radical (unpaired) electrons. The zero-order valence-electron chi connectivity index (χ0n) is 30.1. The summed E-state index contributed by atoms with van der Waals surface area (Å²) in [5.74, 6) is 0.953. The quantitative estimate of drug-likeness (QED) is 0.0931. The average Bonchev–Trinajstić information content (AvgIpc) is 3.16. The van der Waals surface area contributed by atoms with Crippen molar-refractivity contribution in [3.8, 4) is 45.3 Å². The van der Waals surface area contributed by atoms with Gasteiger partial charge in [-0.1, -0.05) is 40.2 Å². The molecule has 4 N–H and O–H groups in total. The van der Waals surface area contributed by atoms with E-state index in [9.17, 15) is 39.5 Å². The minimum atomic E-state index is -4.45. The summed E-state index contributed by atoms with van der Waals surface area (Å²) in [5.41, 5.74) is -0.1000. The van der Waals surface area contributed by atoms with Crippen LogP contribution in [-0.2, 0) is 18.5 Å². The van der Waals surface area contributed by atoms with E-state index in [1.54, 1.807) is 12.1 Å². The Kier molecular flexibility index (Phi) is 15.9. The van der Waals surface area contributed by atoms with Gasteiger partial charge in [-0.3, -0.25) is 0 Å². The molecule has 0 saturated carbocycles. The molecule has 0 heterocycles. The van der Waals surface area contributed by atoms with E-state index in [4.69, 9.17) is 39.0 Å². The van der Waals surface area contributed by atoms with Crippen molar-refractivity contribution in [3.63, 3.8) is 0 Å². The zero-order valence-corrected chi connectivity index (χ0v) is 31.7. The van der Waals surface area contributed by atoms with Crippen molar-refractivity contribution in [1.82, 2.24) is 0 Å². The van der Waals surface area contributed by atoms with Crippen LogP contribution in [-0.4, -0.2) is 62.8 Å². The van der Waals surface area contributed by atoms with Crippen molar-refractivity contribution in [2.24, 2.45) is 0 Å². The van der Waals surface area contributed by atoms with Gasteiger partial charge in [-0.2, -0.15) is 39.5 Å². The topological polar surface area (TPSA) is 118 Å². The first kappa shape index (κ1) is 46.5. The first-order valence-electron chi connectivity index (χ1n) is 16.0. The lowest BCUT2D eigenvalue weighted by Crippen LogP contribution is -2.37. The molecule has 0 bridgehead atoms. The van der Waals surface area contributed by atoms with Crippen LogP contribution in [0.2, 0.25) is 0 Å². The summed E-state index contributed by atoms with van der Waals surface area (Å²) in [4.78, 5) is 0. The van der Waals surface area contributed by atoms with Crippen LogP contribution in [0.15, 0.2) is 102 Å². The maximum absolute atomic E-state index is 12.8. The Morgan fingerprint density at radius 3 is 0.912 bits per heavy atom. The number of benzene rings is 5. The van der Waals surface area contributed by atoms with E-state index in [2.05, 4.69) is 15.9 Å². The van der Waals surface area contributed by atoms with Gasteiger partial charge in [0.25, 0.3) is 0 Å². The Balaban J connectivity index is 0.000000268. The van der Waals surface area contributed by atoms with Gasteiger partial charge in [-0.25, -0.2) is 0 Å². The molecule has 0 amide bonds. The van der Waals surface area contributed by atoms with Crippen LogP contribution in [0.3, 0.4) is 0 Å². The third-order valence-electron chi connectivity index (χ3n) is 7.88. The molecule has 5 aromatic carbocycles. The first-order chi connectivity index (χ1) is 26.5. The van der Waals surface area contributed by atoms with E-state index in [-0.39, 0.29) is 22.4 Å². The Hall–Kier alpha value is -4.88. The van der Waals surface area contributed by atoms with Crippen LogP contribution >= 0.6 is 15.9 Å². The lowest BCUT2D eigenvalue weighted by Gasteiger charge is -2.16. The van der Waals surface area contributed by atoms with E-state index < -0.39 is 49.5 Å². The van der Waals surface area contributed by atoms with Gasteiger partial charge in [0.2, 0.25) is 0 Å². The van der Waals surface area contributed by atoms with Gasteiger partial charge in [0, 0.05) is 26.5 Å². The van der Waals surface area contributed by atoms with Crippen molar-refractivity contribution in [3.05, 3.63) is 118 Å². The monoisotopic (exact) mass is 876 g/mol. The minimum absolute atomic E-state index is 0.0868. The number of methoxy groups -OCH3 is 4. The predicted octanol–water partition coefficient (Wildman–Crippen LogP) is 7.61. The summed E-state index contributed by atoms with van der Waals surface area (Å²) in [6.07, 6.45) is -13.1. The normalized spacial score (nSPS) is 11.3. The molecule has 0 fully saturated rings. The summed E-state index contributed by atoms with van der Waals surface area (Å²) in [5, 5.41) is 36.3. The summed E-state index contributed by atoms with van der Waals surface area (Å²) in [6, 6.07) is 19.6. The largest absolute Gasteiger partial charge is 0.497 e. The maximum Gasteiger partial charge on any atom is 0.492 e. The Morgan fingerprint density at radius 2 is 0.684 bits per heavy atom. The average molecular weight is 877 g/mol. The van der Waals surface area contributed by atoms with E-state index in [1.165, 1.54) is 77.0 Å². The Bertz CT molecular complexity index is 1940. The summed E-state index contributed by atoms with van der Waals surface area (Å²) in [7, 11) is 2.00. The summed E-state index contributed by atoms with van der Waals surface area (Å²) < 4.78 is 134. The van der Waals surface area contributed by atoms with Crippen LogP contribution in [0, 0.1) is 0 Å². The highest BCUT2D eigenvalue weighted by Gasteiger charge is 2.32. The molecule has 0 aliphatic heterocycles. The lowest BCUT2D eigenvalue weighted by molar-refractivity contribution is -0.138. The second-order valence-corrected chi connectivity index (χ2v) is 12.4. The summed E-state index contributed by atoms with van der Waals surface area (Å²) in [6.45, 7) is 0.